The largest absolute Gasteiger partial charge is 0.347 e. The third-order valence-electron chi connectivity index (χ3n) is 4.79. The molecule has 154 valence electrons. The summed E-state index contributed by atoms with van der Waals surface area (Å²) in [7, 11) is 0. The topological polar surface area (TPSA) is 109 Å². The first-order valence-electron chi connectivity index (χ1n) is 9.73. The Morgan fingerprint density at radius 2 is 1.97 bits per heavy atom. The monoisotopic (exact) mass is 399 g/mol. The summed E-state index contributed by atoms with van der Waals surface area (Å²) >= 11 is 0. The van der Waals surface area contributed by atoms with Crippen molar-refractivity contribution in [3.05, 3.63) is 47.6 Å². The van der Waals surface area contributed by atoms with Gasteiger partial charge >= 0.3 is 11.8 Å². The summed E-state index contributed by atoms with van der Waals surface area (Å²) in [6.45, 7) is 5.01. The van der Waals surface area contributed by atoms with Crippen molar-refractivity contribution < 1.29 is 18.9 Å². The number of unbranched alkanes of at least 4 members (excludes halogenated alkanes) is 1. The first-order chi connectivity index (χ1) is 14.0. The molecule has 1 aliphatic rings. The molecule has 9 nitrogen and oxygen atoms in total. The van der Waals surface area contributed by atoms with E-state index in [1.807, 2.05) is 13.0 Å². The summed E-state index contributed by atoms with van der Waals surface area (Å²) in [5.74, 6) is -0.881. The van der Waals surface area contributed by atoms with Gasteiger partial charge in [0, 0.05) is 26.6 Å². The van der Waals surface area contributed by atoms with Crippen molar-refractivity contribution in [2.45, 2.75) is 39.3 Å². The molecule has 2 aromatic rings. The fourth-order valence-corrected chi connectivity index (χ4v) is 3.28. The van der Waals surface area contributed by atoms with Gasteiger partial charge in [0.15, 0.2) is 5.82 Å². The van der Waals surface area contributed by atoms with Gasteiger partial charge in [0.05, 0.1) is 6.54 Å². The van der Waals surface area contributed by atoms with E-state index in [-0.39, 0.29) is 6.54 Å². The first-order valence-corrected chi connectivity index (χ1v) is 9.73. The van der Waals surface area contributed by atoms with Gasteiger partial charge in [-0.2, -0.15) is 4.98 Å². The SMILES string of the molecule is CCCCN1CCN(C(C(=O)NCc2noc(C)n2)c2ccccc2)C(=O)C1=O. The van der Waals surface area contributed by atoms with Gasteiger partial charge in [-0.1, -0.05) is 48.8 Å². The lowest BCUT2D eigenvalue weighted by molar-refractivity contribution is -0.159. The molecule has 1 N–H and O–H groups in total. The Morgan fingerprint density at radius 3 is 2.62 bits per heavy atom. The molecule has 9 heteroatoms. The van der Waals surface area contributed by atoms with Gasteiger partial charge < -0.3 is 19.6 Å². The number of carbonyl (C=O) groups excluding carboxylic acids is 3. The van der Waals surface area contributed by atoms with Gasteiger partial charge in [-0.05, 0) is 12.0 Å². The third kappa shape index (κ3) is 4.79. The second kappa shape index (κ2) is 9.31. The Labute approximate surface area is 169 Å². The number of amides is 3. The molecule has 29 heavy (non-hydrogen) atoms. The number of piperazine rings is 1. The second-order valence-electron chi connectivity index (χ2n) is 6.90. The van der Waals surface area contributed by atoms with Crippen molar-refractivity contribution >= 4 is 17.7 Å². The Morgan fingerprint density at radius 1 is 1.21 bits per heavy atom. The minimum Gasteiger partial charge on any atom is -0.347 e. The van der Waals surface area contributed by atoms with E-state index in [0.717, 1.165) is 12.8 Å². The van der Waals surface area contributed by atoms with Gasteiger partial charge in [-0.25, -0.2) is 0 Å². The molecule has 0 bridgehead atoms. The van der Waals surface area contributed by atoms with Crippen LogP contribution in [0.3, 0.4) is 0 Å². The van der Waals surface area contributed by atoms with Gasteiger partial charge in [-0.3, -0.25) is 14.4 Å². The zero-order valence-corrected chi connectivity index (χ0v) is 16.6. The Balaban J connectivity index is 1.78. The number of benzene rings is 1. The van der Waals surface area contributed by atoms with Crippen LogP contribution in [0.4, 0.5) is 0 Å². The van der Waals surface area contributed by atoms with E-state index in [2.05, 4.69) is 15.5 Å². The van der Waals surface area contributed by atoms with Gasteiger partial charge in [0.25, 0.3) is 0 Å². The molecule has 1 fully saturated rings. The maximum atomic E-state index is 13.0. The number of nitrogens with one attached hydrogen (secondary N) is 1. The van der Waals surface area contributed by atoms with Crippen molar-refractivity contribution in [3.63, 3.8) is 0 Å². The predicted octanol–water partition coefficient (Wildman–Crippen LogP) is 1.21. The van der Waals surface area contributed by atoms with Crippen LogP contribution in [-0.2, 0) is 20.9 Å². The molecule has 1 saturated heterocycles. The van der Waals surface area contributed by atoms with Crippen molar-refractivity contribution in [2.24, 2.45) is 0 Å². The molecule has 0 radical (unpaired) electrons. The summed E-state index contributed by atoms with van der Waals surface area (Å²) in [5, 5.41) is 6.50. The van der Waals surface area contributed by atoms with Crippen LogP contribution in [0.1, 0.15) is 43.1 Å². The number of aromatic nitrogens is 2. The molecular formula is C20H25N5O4. The molecular weight excluding hydrogens is 374 g/mol. The average Bonchev–Trinajstić information content (AvgIpc) is 3.15. The lowest BCUT2D eigenvalue weighted by atomic mass is 10.0. The number of rotatable bonds is 8. The number of aryl methyl sites for hydroxylation is 1. The molecule has 1 aliphatic heterocycles. The van der Waals surface area contributed by atoms with Crippen LogP contribution in [0.15, 0.2) is 34.9 Å². The van der Waals surface area contributed by atoms with Crippen LogP contribution in [0, 0.1) is 6.92 Å². The molecule has 1 atom stereocenters. The van der Waals surface area contributed by atoms with Crippen molar-refractivity contribution in [1.29, 1.82) is 0 Å². The fraction of sp³-hybridized carbons (Fsp3) is 0.450. The van der Waals surface area contributed by atoms with Gasteiger partial charge in [0.1, 0.15) is 6.04 Å². The molecule has 1 unspecified atom stereocenters. The zero-order chi connectivity index (χ0) is 20.8. The van der Waals surface area contributed by atoms with E-state index >= 15 is 0 Å². The average molecular weight is 399 g/mol. The van der Waals surface area contributed by atoms with Crippen LogP contribution < -0.4 is 5.32 Å². The zero-order valence-electron chi connectivity index (χ0n) is 16.6. The molecule has 1 aromatic heterocycles. The highest BCUT2D eigenvalue weighted by molar-refractivity contribution is 6.35. The van der Waals surface area contributed by atoms with Crippen LogP contribution in [0.25, 0.3) is 0 Å². The van der Waals surface area contributed by atoms with E-state index in [9.17, 15) is 14.4 Å². The normalized spacial score (nSPS) is 15.5. The maximum absolute atomic E-state index is 13.0. The molecule has 3 rings (SSSR count). The molecule has 3 amide bonds. The van der Waals surface area contributed by atoms with Crippen molar-refractivity contribution in [1.82, 2.24) is 25.3 Å². The van der Waals surface area contributed by atoms with E-state index in [0.29, 0.717) is 36.9 Å². The van der Waals surface area contributed by atoms with Crippen LogP contribution in [0.5, 0.6) is 0 Å². The molecule has 0 spiro atoms. The Hall–Kier alpha value is -3.23. The number of hydrogen-bond acceptors (Lipinski definition) is 6. The molecule has 1 aromatic carbocycles. The number of hydrogen-bond donors (Lipinski definition) is 1. The van der Waals surface area contributed by atoms with Gasteiger partial charge in [-0.15, -0.1) is 0 Å². The Kier molecular flexibility index (Phi) is 6.58. The highest BCUT2D eigenvalue weighted by atomic mass is 16.5. The van der Waals surface area contributed by atoms with Crippen molar-refractivity contribution in [3.8, 4) is 0 Å². The van der Waals surface area contributed by atoms with Crippen LogP contribution >= 0.6 is 0 Å². The van der Waals surface area contributed by atoms with E-state index in [4.69, 9.17) is 4.52 Å². The minimum atomic E-state index is -0.908. The van der Waals surface area contributed by atoms with Gasteiger partial charge in [0.2, 0.25) is 11.8 Å². The molecule has 0 aliphatic carbocycles. The smallest absolute Gasteiger partial charge is 0.313 e. The lowest BCUT2D eigenvalue weighted by Gasteiger charge is -2.37. The second-order valence-corrected chi connectivity index (χ2v) is 6.90. The highest BCUT2D eigenvalue weighted by Crippen LogP contribution is 2.24. The summed E-state index contributed by atoms with van der Waals surface area (Å²) < 4.78 is 4.91. The highest BCUT2D eigenvalue weighted by Gasteiger charge is 2.39. The third-order valence-corrected chi connectivity index (χ3v) is 4.79. The van der Waals surface area contributed by atoms with Crippen molar-refractivity contribution in [2.75, 3.05) is 19.6 Å². The summed E-state index contributed by atoms with van der Waals surface area (Å²) in [6.07, 6.45) is 1.78. The van der Waals surface area contributed by atoms with Crippen LogP contribution in [-0.4, -0.2) is 57.3 Å². The Bertz CT molecular complexity index is 867. The standard InChI is InChI=1S/C20H25N5O4/c1-3-4-10-24-11-12-25(20(28)19(24)27)17(15-8-6-5-7-9-15)18(26)21-13-16-22-14(2)29-23-16/h5-9,17H,3-4,10-13H2,1-2H3,(H,21,26). The molecule has 2 heterocycles. The minimum absolute atomic E-state index is 0.0676. The van der Waals surface area contributed by atoms with Crippen LogP contribution in [0.2, 0.25) is 0 Å². The quantitative estimate of drug-likeness (QED) is 0.669. The lowest BCUT2D eigenvalue weighted by Crippen LogP contribution is -2.57. The summed E-state index contributed by atoms with van der Waals surface area (Å²) in [4.78, 5) is 45.3. The van der Waals surface area contributed by atoms with E-state index in [1.54, 1.807) is 36.1 Å². The van der Waals surface area contributed by atoms with E-state index < -0.39 is 23.8 Å². The summed E-state index contributed by atoms with van der Waals surface area (Å²) in [6, 6.07) is 8.04. The molecule has 0 saturated carbocycles. The number of nitrogens with zero attached hydrogens (tertiary/aromatic N) is 4. The predicted molar refractivity (Wildman–Crippen MR) is 103 cm³/mol. The first kappa shape index (κ1) is 20.5. The maximum Gasteiger partial charge on any atom is 0.313 e. The number of carbonyl (C=O) groups is 3. The van der Waals surface area contributed by atoms with E-state index in [1.165, 1.54) is 4.90 Å². The fourth-order valence-electron chi connectivity index (χ4n) is 3.28. The summed E-state index contributed by atoms with van der Waals surface area (Å²) in [5.41, 5.74) is 0.637.